The Hall–Kier alpha value is -4.02. The van der Waals surface area contributed by atoms with Gasteiger partial charge in [0.05, 0.1) is 0 Å². The average Bonchev–Trinajstić information content (AvgIpc) is 3.23. The summed E-state index contributed by atoms with van der Waals surface area (Å²) in [5.74, 6) is 1.37. The van der Waals surface area contributed by atoms with Crippen LogP contribution in [0.1, 0.15) is 0 Å². The summed E-state index contributed by atoms with van der Waals surface area (Å²) in [6, 6.07) is 33.6. The van der Waals surface area contributed by atoms with Crippen molar-refractivity contribution in [3.8, 4) is 34.0 Å². The molecule has 0 fully saturated rings. The molecule has 0 amide bonds. The number of hydrogen-bond acceptors (Lipinski definition) is 3. The molecule has 33 heavy (non-hydrogen) atoms. The smallest absolute Gasteiger partial charge is 0.219 e. The average molecular weight is 446 g/mol. The molecule has 0 aliphatic heterocycles. The first kappa shape index (κ1) is 19.6. The van der Waals surface area contributed by atoms with Crippen molar-refractivity contribution in [2.45, 2.75) is 0 Å². The number of thiophene rings is 1. The van der Waals surface area contributed by atoms with Gasteiger partial charge in [0.2, 0.25) is 11.6 Å². The summed E-state index contributed by atoms with van der Waals surface area (Å²) in [5.41, 5.74) is 4.38. The van der Waals surface area contributed by atoms with Crippen LogP contribution in [0, 0.1) is 0 Å². The van der Waals surface area contributed by atoms with Gasteiger partial charge in [-0.25, -0.2) is 9.55 Å². The van der Waals surface area contributed by atoms with Gasteiger partial charge >= 0.3 is 0 Å². The lowest BCUT2D eigenvalue weighted by atomic mass is 9.99. The predicted octanol–water partition coefficient (Wildman–Crippen LogP) is 7.40. The van der Waals surface area contributed by atoms with Gasteiger partial charge in [0.15, 0.2) is 6.20 Å². The topological polar surface area (TPSA) is 26.0 Å². The van der Waals surface area contributed by atoms with Gasteiger partial charge in [-0.3, -0.25) is 0 Å². The minimum Gasteiger partial charge on any atom is -0.438 e. The van der Waals surface area contributed by atoms with Crippen molar-refractivity contribution in [3.63, 3.8) is 0 Å². The van der Waals surface area contributed by atoms with Gasteiger partial charge in [-0.1, -0.05) is 30.3 Å². The number of aryl methyl sites for hydroxylation is 1. The Morgan fingerprint density at radius 2 is 1.55 bits per heavy atom. The minimum atomic E-state index is 0.579. The second-order valence-corrected chi connectivity index (χ2v) is 9.07. The molecule has 4 heteroatoms. The van der Waals surface area contributed by atoms with Gasteiger partial charge in [-0.05, 0) is 54.1 Å². The summed E-state index contributed by atoms with van der Waals surface area (Å²) < 4.78 is 11.0. The van der Waals surface area contributed by atoms with Crippen LogP contribution in [0.5, 0.6) is 11.6 Å². The summed E-state index contributed by atoms with van der Waals surface area (Å²) in [6.07, 6.45) is 3.80. The van der Waals surface area contributed by atoms with E-state index >= 15 is 0 Å². The Morgan fingerprint density at radius 3 is 2.42 bits per heavy atom. The van der Waals surface area contributed by atoms with Gasteiger partial charge in [-0.2, -0.15) is 0 Å². The molecule has 3 aromatic heterocycles. The molecule has 6 rings (SSSR count). The zero-order valence-corrected chi connectivity index (χ0v) is 18.9. The third-order valence-electron chi connectivity index (χ3n) is 5.87. The van der Waals surface area contributed by atoms with E-state index in [-0.39, 0.29) is 0 Å². The van der Waals surface area contributed by atoms with Crippen LogP contribution < -0.4 is 9.30 Å². The van der Waals surface area contributed by atoms with E-state index in [1.165, 1.54) is 20.2 Å². The first-order valence-corrected chi connectivity index (χ1v) is 11.7. The number of benzene rings is 3. The van der Waals surface area contributed by atoms with E-state index in [2.05, 4.69) is 95.6 Å². The number of hydrogen-bond donors (Lipinski definition) is 0. The van der Waals surface area contributed by atoms with Gasteiger partial charge in [0.25, 0.3) is 0 Å². The number of ether oxygens (including phenoxy) is 1. The maximum atomic E-state index is 6.33. The van der Waals surface area contributed by atoms with Crippen LogP contribution in [-0.2, 0) is 7.05 Å². The van der Waals surface area contributed by atoms with Gasteiger partial charge < -0.3 is 4.74 Å². The molecule has 0 N–H and O–H groups in total. The third-order valence-corrected chi connectivity index (χ3v) is 7.02. The Morgan fingerprint density at radius 1 is 0.727 bits per heavy atom. The summed E-state index contributed by atoms with van der Waals surface area (Å²) >= 11 is 1.83. The van der Waals surface area contributed by atoms with E-state index in [1.54, 1.807) is 6.20 Å². The van der Waals surface area contributed by atoms with Crippen LogP contribution >= 0.6 is 11.3 Å². The molecule has 3 nitrogen and oxygen atoms in total. The van der Waals surface area contributed by atoms with Crippen LogP contribution in [0.2, 0.25) is 0 Å². The molecule has 0 saturated carbocycles. The van der Waals surface area contributed by atoms with Crippen molar-refractivity contribution in [2.75, 3.05) is 0 Å². The fraction of sp³-hybridized carbons (Fsp3) is 0.0345. The van der Waals surface area contributed by atoms with Crippen molar-refractivity contribution in [1.82, 2.24) is 4.98 Å². The number of aromatic nitrogens is 2. The summed E-state index contributed by atoms with van der Waals surface area (Å²) in [4.78, 5) is 4.39. The molecule has 0 bridgehead atoms. The standard InChI is InChI=1S/C29H21N2OS/c1-31-17-7-5-9-25(31)21-12-14-22(26(19-21)32-29-11-4-6-16-30-29)20-13-15-28-24(18-20)23-8-2-3-10-27(23)33-28/h2-19H,1H3/q+1. The lowest BCUT2D eigenvalue weighted by Gasteiger charge is -2.13. The Balaban J connectivity index is 1.53. The number of rotatable bonds is 4. The van der Waals surface area contributed by atoms with E-state index in [0.29, 0.717) is 5.88 Å². The summed E-state index contributed by atoms with van der Waals surface area (Å²) in [5, 5.41) is 2.56. The van der Waals surface area contributed by atoms with E-state index < -0.39 is 0 Å². The van der Waals surface area contributed by atoms with Crippen LogP contribution in [-0.4, -0.2) is 4.98 Å². The van der Waals surface area contributed by atoms with E-state index in [4.69, 9.17) is 4.74 Å². The highest BCUT2D eigenvalue weighted by molar-refractivity contribution is 7.25. The highest BCUT2D eigenvalue weighted by atomic mass is 32.1. The first-order chi connectivity index (χ1) is 16.3. The molecule has 3 aromatic carbocycles. The second kappa shape index (κ2) is 8.15. The van der Waals surface area contributed by atoms with E-state index in [9.17, 15) is 0 Å². The van der Waals surface area contributed by atoms with Crippen LogP contribution in [0.15, 0.2) is 109 Å². The molecule has 158 valence electrons. The SMILES string of the molecule is C[n+]1ccccc1-c1ccc(-c2ccc3sc4ccccc4c3c2)c(Oc2ccccn2)c1. The monoisotopic (exact) mass is 445 g/mol. The maximum absolute atomic E-state index is 6.33. The highest BCUT2D eigenvalue weighted by Gasteiger charge is 2.16. The van der Waals surface area contributed by atoms with Gasteiger partial charge in [0.1, 0.15) is 12.8 Å². The molecule has 0 saturated heterocycles. The van der Waals surface area contributed by atoms with Gasteiger partial charge in [-0.15, -0.1) is 11.3 Å². The second-order valence-electron chi connectivity index (χ2n) is 7.99. The van der Waals surface area contributed by atoms with Gasteiger partial charge in [0, 0.05) is 55.7 Å². The summed E-state index contributed by atoms with van der Waals surface area (Å²) in [6.45, 7) is 0. The van der Waals surface area contributed by atoms with Crippen molar-refractivity contribution in [1.29, 1.82) is 0 Å². The number of fused-ring (bicyclic) bond motifs is 3. The predicted molar refractivity (Wildman–Crippen MR) is 136 cm³/mol. The fourth-order valence-electron chi connectivity index (χ4n) is 4.24. The number of nitrogens with zero attached hydrogens (tertiary/aromatic N) is 2. The maximum Gasteiger partial charge on any atom is 0.219 e. The van der Waals surface area contributed by atoms with E-state index in [1.807, 2.05) is 35.6 Å². The Bertz CT molecular complexity index is 1610. The van der Waals surface area contributed by atoms with Crippen molar-refractivity contribution in [3.05, 3.63) is 109 Å². The molecule has 0 aliphatic carbocycles. The molecule has 0 spiro atoms. The fourth-order valence-corrected chi connectivity index (χ4v) is 5.33. The Kier molecular flexibility index (Phi) is 4.85. The zero-order chi connectivity index (χ0) is 22.2. The largest absolute Gasteiger partial charge is 0.438 e. The molecule has 0 atom stereocenters. The molecule has 0 unspecified atom stereocenters. The zero-order valence-electron chi connectivity index (χ0n) is 18.1. The van der Waals surface area contributed by atoms with E-state index in [0.717, 1.165) is 28.1 Å². The molecular weight excluding hydrogens is 424 g/mol. The van der Waals surface area contributed by atoms with Crippen molar-refractivity contribution < 1.29 is 9.30 Å². The highest BCUT2D eigenvalue weighted by Crippen LogP contribution is 2.40. The lowest BCUT2D eigenvalue weighted by molar-refractivity contribution is -0.660. The molecular formula is C29H21N2OS+. The number of pyridine rings is 2. The van der Waals surface area contributed by atoms with Crippen LogP contribution in [0.25, 0.3) is 42.6 Å². The third kappa shape index (κ3) is 3.65. The minimum absolute atomic E-state index is 0.579. The Labute approximate surface area is 196 Å². The molecule has 0 radical (unpaired) electrons. The summed E-state index contributed by atoms with van der Waals surface area (Å²) in [7, 11) is 2.05. The first-order valence-electron chi connectivity index (χ1n) is 10.9. The quantitative estimate of drug-likeness (QED) is 0.264. The molecule has 6 aromatic rings. The van der Waals surface area contributed by atoms with Crippen LogP contribution in [0.4, 0.5) is 0 Å². The normalized spacial score (nSPS) is 11.2. The van der Waals surface area contributed by atoms with Crippen LogP contribution in [0.3, 0.4) is 0 Å². The molecule has 3 heterocycles. The van der Waals surface area contributed by atoms with Crippen molar-refractivity contribution in [2.24, 2.45) is 7.05 Å². The van der Waals surface area contributed by atoms with Crippen molar-refractivity contribution >= 4 is 31.5 Å². The molecule has 0 aliphatic rings. The lowest BCUT2D eigenvalue weighted by Crippen LogP contribution is -2.29.